The third kappa shape index (κ3) is 2.32. The van der Waals surface area contributed by atoms with Crippen LogP contribution in [0.25, 0.3) is 43.2 Å². The van der Waals surface area contributed by atoms with Gasteiger partial charge in [-0.3, -0.25) is 0 Å². The van der Waals surface area contributed by atoms with E-state index in [-0.39, 0.29) is 0 Å². The number of furan rings is 2. The number of benzene rings is 1. The lowest BCUT2D eigenvalue weighted by Crippen LogP contribution is -1.64. The van der Waals surface area contributed by atoms with Crippen molar-refractivity contribution in [2.75, 3.05) is 0 Å². The zero-order chi connectivity index (χ0) is 16.3. The van der Waals surface area contributed by atoms with E-state index in [2.05, 4.69) is 44.0 Å². The summed E-state index contributed by atoms with van der Waals surface area (Å²) in [6, 6.07) is 12.3. The average Bonchev–Trinajstić information content (AvgIpc) is 3.29. The van der Waals surface area contributed by atoms with E-state index in [4.69, 9.17) is 8.83 Å². The highest BCUT2D eigenvalue weighted by atomic mass is 79.9. The molecule has 0 N–H and O–H groups in total. The van der Waals surface area contributed by atoms with Gasteiger partial charge in [0.05, 0.1) is 9.75 Å². The minimum Gasteiger partial charge on any atom is -0.455 e. The molecule has 4 aromatic heterocycles. The fraction of sp³-hybridized carbons (Fsp3) is 0. The highest BCUT2D eigenvalue weighted by molar-refractivity contribution is 9.11. The maximum atomic E-state index is 6.06. The van der Waals surface area contributed by atoms with E-state index >= 15 is 0 Å². The Hall–Kier alpha value is -1.34. The molecule has 5 rings (SSSR count). The van der Waals surface area contributed by atoms with Crippen LogP contribution in [0.2, 0.25) is 0 Å². The lowest BCUT2D eigenvalue weighted by atomic mass is 10.2. The van der Waals surface area contributed by atoms with Crippen LogP contribution in [0.4, 0.5) is 0 Å². The van der Waals surface area contributed by atoms with E-state index in [0.717, 1.165) is 52.2 Å². The van der Waals surface area contributed by atoms with Gasteiger partial charge >= 0.3 is 0 Å². The topological polar surface area (TPSA) is 26.3 Å². The molecule has 6 heteroatoms. The summed E-state index contributed by atoms with van der Waals surface area (Å²) in [5.41, 5.74) is 1.74. The molecule has 0 bridgehead atoms. The van der Waals surface area contributed by atoms with Crippen LogP contribution in [-0.4, -0.2) is 0 Å². The molecule has 0 saturated carbocycles. The van der Waals surface area contributed by atoms with E-state index in [0.29, 0.717) is 0 Å². The Morgan fingerprint density at radius 3 is 1.50 bits per heavy atom. The maximum Gasteiger partial charge on any atom is 0.146 e. The van der Waals surface area contributed by atoms with Gasteiger partial charge in [0.2, 0.25) is 0 Å². The molecule has 24 heavy (non-hydrogen) atoms. The number of fused-ring (bicyclic) bond motifs is 2. The van der Waals surface area contributed by atoms with Gasteiger partial charge in [-0.1, -0.05) is 0 Å². The third-order valence-corrected chi connectivity index (χ3v) is 7.54. The monoisotopic (exact) mass is 478 g/mol. The second-order valence-corrected chi connectivity index (χ2v) is 8.89. The van der Waals surface area contributed by atoms with Gasteiger partial charge in [-0.2, -0.15) is 0 Å². The largest absolute Gasteiger partial charge is 0.455 e. The first-order valence-electron chi connectivity index (χ1n) is 7.13. The summed E-state index contributed by atoms with van der Waals surface area (Å²) in [6.45, 7) is 0. The molecule has 5 aromatic rings. The van der Waals surface area contributed by atoms with Crippen LogP contribution in [0, 0.1) is 0 Å². The van der Waals surface area contributed by atoms with Gasteiger partial charge in [-0.25, -0.2) is 0 Å². The molecule has 4 heterocycles. The molecule has 2 nitrogen and oxygen atoms in total. The predicted octanol–water partition coefficient (Wildman–Crippen LogP) is 8.16. The Morgan fingerprint density at radius 2 is 1.12 bits per heavy atom. The van der Waals surface area contributed by atoms with Crippen molar-refractivity contribution in [3.8, 4) is 21.3 Å². The molecule has 0 aliphatic rings. The molecule has 0 aliphatic carbocycles. The van der Waals surface area contributed by atoms with Crippen molar-refractivity contribution in [3.63, 3.8) is 0 Å². The number of hydrogen-bond acceptors (Lipinski definition) is 4. The molecular weight excluding hydrogens is 472 g/mol. The Labute approximate surface area is 162 Å². The van der Waals surface area contributed by atoms with Crippen LogP contribution in [0.5, 0.6) is 0 Å². The van der Waals surface area contributed by atoms with Gasteiger partial charge in [0.15, 0.2) is 0 Å². The minimum absolute atomic E-state index is 0.871. The van der Waals surface area contributed by atoms with Gasteiger partial charge in [-0.15, -0.1) is 22.7 Å². The fourth-order valence-electron chi connectivity index (χ4n) is 2.73. The molecule has 0 saturated heterocycles. The summed E-state index contributed by atoms with van der Waals surface area (Å²) >= 11 is 10.4. The quantitative estimate of drug-likeness (QED) is 0.255. The van der Waals surface area contributed by atoms with Gasteiger partial charge in [0.25, 0.3) is 0 Å². The average molecular weight is 480 g/mol. The molecule has 0 fully saturated rings. The van der Waals surface area contributed by atoms with Gasteiger partial charge < -0.3 is 8.83 Å². The summed E-state index contributed by atoms with van der Waals surface area (Å²) in [6.07, 6.45) is 0. The van der Waals surface area contributed by atoms with Crippen LogP contribution in [-0.2, 0) is 0 Å². The van der Waals surface area contributed by atoms with Crippen molar-refractivity contribution in [3.05, 3.63) is 56.1 Å². The Morgan fingerprint density at radius 1 is 0.667 bits per heavy atom. The van der Waals surface area contributed by atoms with E-state index < -0.39 is 0 Å². The standard InChI is InChI=1S/C18H8Br2O2S2/c19-11-1-3-23-17(11)15-7-9-5-14-10(6-13(9)21-15)8-16(22-14)18-12(20)2-4-24-18/h1-8H. The zero-order valence-electron chi connectivity index (χ0n) is 12.0. The first-order valence-corrected chi connectivity index (χ1v) is 10.5. The molecule has 0 aliphatic heterocycles. The van der Waals surface area contributed by atoms with Gasteiger partial charge in [0, 0.05) is 19.7 Å². The number of rotatable bonds is 2. The van der Waals surface area contributed by atoms with Gasteiger partial charge in [0.1, 0.15) is 22.7 Å². The first-order chi connectivity index (χ1) is 11.7. The zero-order valence-corrected chi connectivity index (χ0v) is 16.8. The summed E-state index contributed by atoms with van der Waals surface area (Å²) in [4.78, 5) is 2.21. The Balaban J connectivity index is 1.68. The summed E-state index contributed by atoms with van der Waals surface area (Å²) in [5.74, 6) is 1.75. The van der Waals surface area contributed by atoms with Crippen LogP contribution in [0.3, 0.4) is 0 Å². The van der Waals surface area contributed by atoms with E-state index in [1.54, 1.807) is 22.7 Å². The Kier molecular flexibility index (Phi) is 3.49. The van der Waals surface area contributed by atoms with Crippen LogP contribution >= 0.6 is 54.5 Å². The normalized spacial score (nSPS) is 11.8. The maximum absolute atomic E-state index is 6.06. The molecule has 0 spiro atoms. The lowest BCUT2D eigenvalue weighted by Gasteiger charge is -1.91. The smallest absolute Gasteiger partial charge is 0.146 e. The van der Waals surface area contributed by atoms with E-state index in [9.17, 15) is 0 Å². The summed E-state index contributed by atoms with van der Waals surface area (Å²) in [7, 11) is 0. The highest BCUT2D eigenvalue weighted by Crippen LogP contribution is 2.40. The molecule has 0 amide bonds. The molecule has 0 radical (unpaired) electrons. The van der Waals surface area contributed by atoms with Crippen molar-refractivity contribution in [2.45, 2.75) is 0 Å². The number of hydrogen-bond donors (Lipinski definition) is 0. The molecule has 118 valence electrons. The highest BCUT2D eigenvalue weighted by Gasteiger charge is 2.15. The second kappa shape index (κ2) is 5.59. The molecule has 0 unspecified atom stereocenters. The fourth-order valence-corrected chi connectivity index (χ4v) is 5.78. The minimum atomic E-state index is 0.871. The van der Waals surface area contributed by atoms with Crippen LogP contribution in [0.15, 0.2) is 64.9 Å². The molecule has 0 atom stereocenters. The number of halogens is 2. The van der Waals surface area contributed by atoms with Gasteiger partial charge in [-0.05, 0) is 79.0 Å². The summed E-state index contributed by atoms with van der Waals surface area (Å²) in [5, 5.41) is 6.18. The van der Waals surface area contributed by atoms with Crippen LogP contribution < -0.4 is 0 Å². The Bertz CT molecular complexity index is 1050. The predicted molar refractivity (Wildman–Crippen MR) is 108 cm³/mol. The summed E-state index contributed by atoms with van der Waals surface area (Å²) < 4.78 is 14.2. The lowest BCUT2D eigenvalue weighted by molar-refractivity contribution is 0.629. The van der Waals surface area contributed by atoms with Crippen molar-refractivity contribution in [2.24, 2.45) is 0 Å². The van der Waals surface area contributed by atoms with Crippen molar-refractivity contribution in [1.29, 1.82) is 0 Å². The third-order valence-electron chi connectivity index (χ3n) is 3.84. The van der Waals surface area contributed by atoms with Crippen molar-refractivity contribution < 1.29 is 8.83 Å². The SMILES string of the molecule is Brc1ccsc1-c1cc2cc3oc(-c4sccc4Br)cc3cc2o1. The van der Waals surface area contributed by atoms with E-state index in [1.807, 2.05) is 35.0 Å². The number of thiophene rings is 2. The van der Waals surface area contributed by atoms with E-state index in [1.165, 1.54) is 0 Å². The first kappa shape index (κ1) is 15.0. The van der Waals surface area contributed by atoms with Crippen molar-refractivity contribution >= 4 is 76.5 Å². The van der Waals surface area contributed by atoms with Crippen LogP contribution in [0.1, 0.15) is 0 Å². The second-order valence-electron chi connectivity index (χ2n) is 5.34. The van der Waals surface area contributed by atoms with Crippen molar-refractivity contribution in [1.82, 2.24) is 0 Å². The molecule has 1 aromatic carbocycles. The molecular formula is C18H8Br2O2S2.